The Morgan fingerprint density at radius 2 is 1.52 bits per heavy atom. The summed E-state index contributed by atoms with van der Waals surface area (Å²) in [5.74, 6) is -1.68. The standard InChI is InChI=1S/C17H17ClN4O2S/c1-10-3-6-12(7-4-10)19-15(23)16(24)21-22-17(25)20-13-8-5-11(2)14(18)9-13/h3-9H,1-2H3,(H,19,23)(H,21,24)(H2,20,22,25). The number of aryl methyl sites for hydroxylation is 2. The van der Waals surface area contributed by atoms with Gasteiger partial charge in [-0.25, -0.2) is 0 Å². The fourth-order valence-corrected chi connectivity index (χ4v) is 2.18. The van der Waals surface area contributed by atoms with Gasteiger partial charge in [-0.1, -0.05) is 35.4 Å². The van der Waals surface area contributed by atoms with Gasteiger partial charge in [0.15, 0.2) is 5.11 Å². The number of hydrogen-bond donors (Lipinski definition) is 4. The molecule has 0 aromatic heterocycles. The van der Waals surface area contributed by atoms with E-state index in [2.05, 4.69) is 21.5 Å². The van der Waals surface area contributed by atoms with Crippen molar-refractivity contribution in [2.75, 3.05) is 10.6 Å². The molecule has 0 bridgehead atoms. The van der Waals surface area contributed by atoms with Crippen LogP contribution < -0.4 is 21.5 Å². The smallest absolute Gasteiger partial charge is 0.328 e. The fraction of sp³-hybridized carbons (Fsp3) is 0.118. The van der Waals surface area contributed by atoms with E-state index in [9.17, 15) is 9.59 Å². The molecule has 2 amide bonds. The molecular weight excluding hydrogens is 360 g/mol. The Morgan fingerprint density at radius 1 is 0.880 bits per heavy atom. The number of hydrazine groups is 1. The molecule has 25 heavy (non-hydrogen) atoms. The number of rotatable bonds is 2. The van der Waals surface area contributed by atoms with E-state index in [4.69, 9.17) is 23.8 Å². The highest BCUT2D eigenvalue weighted by Crippen LogP contribution is 2.19. The number of amides is 2. The average Bonchev–Trinajstić information content (AvgIpc) is 2.58. The van der Waals surface area contributed by atoms with Crippen molar-refractivity contribution in [2.45, 2.75) is 13.8 Å². The van der Waals surface area contributed by atoms with E-state index in [1.165, 1.54) is 0 Å². The summed E-state index contributed by atoms with van der Waals surface area (Å²) < 4.78 is 0. The second-order valence-corrected chi connectivity index (χ2v) is 6.13. The van der Waals surface area contributed by atoms with Gasteiger partial charge in [-0.15, -0.1) is 0 Å². The summed E-state index contributed by atoms with van der Waals surface area (Å²) >= 11 is 11.1. The maximum atomic E-state index is 11.8. The van der Waals surface area contributed by atoms with Crippen molar-refractivity contribution >= 4 is 52.1 Å². The Kier molecular flexibility index (Phi) is 6.32. The van der Waals surface area contributed by atoms with Crippen molar-refractivity contribution in [3.63, 3.8) is 0 Å². The van der Waals surface area contributed by atoms with Gasteiger partial charge in [-0.05, 0) is 55.9 Å². The molecule has 0 radical (unpaired) electrons. The monoisotopic (exact) mass is 376 g/mol. The van der Waals surface area contributed by atoms with E-state index in [1.807, 2.05) is 32.0 Å². The molecule has 2 rings (SSSR count). The van der Waals surface area contributed by atoms with Gasteiger partial charge in [0.05, 0.1) is 0 Å². The van der Waals surface area contributed by atoms with Crippen molar-refractivity contribution in [2.24, 2.45) is 0 Å². The molecule has 2 aromatic carbocycles. The lowest BCUT2D eigenvalue weighted by Gasteiger charge is -2.12. The first-order valence-electron chi connectivity index (χ1n) is 7.36. The fourth-order valence-electron chi connectivity index (χ4n) is 1.83. The summed E-state index contributed by atoms with van der Waals surface area (Å²) in [6.07, 6.45) is 0. The molecule has 0 spiro atoms. The van der Waals surface area contributed by atoms with Crippen LogP contribution in [0.15, 0.2) is 42.5 Å². The molecule has 8 heteroatoms. The quantitative estimate of drug-likeness (QED) is 0.368. The van der Waals surface area contributed by atoms with Crippen LogP contribution >= 0.6 is 23.8 Å². The largest absolute Gasteiger partial charge is 0.331 e. The van der Waals surface area contributed by atoms with E-state index in [0.29, 0.717) is 16.4 Å². The Balaban J connectivity index is 1.81. The molecule has 6 nitrogen and oxygen atoms in total. The molecule has 0 saturated heterocycles. The third-order valence-corrected chi connectivity index (χ3v) is 3.85. The van der Waals surface area contributed by atoms with E-state index < -0.39 is 11.8 Å². The van der Waals surface area contributed by atoms with Crippen LogP contribution in [-0.4, -0.2) is 16.9 Å². The second kappa shape index (κ2) is 8.46. The predicted octanol–water partition coefficient (Wildman–Crippen LogP) is 2.91. The molecule has 0 aliphatic heterocycles. The van der Waals surface area contributed by atoms with Gasteiger partial charge < -0.3 is 10.6 Å². The highest BCUT2D eigenvalue weighted by molar-refractivity contribution is 7.80. The maximum Gasteiger partial charge on any atom is 0.328 e. The van der Waals surface area contributed by atoms with Crippen LogP contribution in [0, 0.1) is 13.8 Å². The molecule has 0 saturated carbocycles. The van der Waals surface area contributed by atoms with Gasteiger partial charge in [0.25, 0.3) is 0 Å². The van der Waals surface area contributed by atoms with E-state index in [0.717, 1.165) is 11.1 Å². The molecule has 4 N–H and O–H groups in total. The van der Waals surface area contributed by atoms with Gasteiger partial charge in [0.2, 0.25) is 0 Å². The van der Waals surface area contributed by atoms with Crippen LogP contribution in [0.3, 0.4) is 0 Å². The van der Waals surface area contributed by atoms with Crippen molar-refractivity contribution in [3.8, 4) is 0 Å². The zero-order valence-electron chi connectivity index (χ0n) is 13.6. The van der Waals surface area contributed by atoms with Gasteiger partial charge in [-0.3, -0.25) is 20.4 Å². The Labute approximate surface area is 155 Å². The summed E-state index contributed by atoms with van der Waals surface area (Å²) in [7, 11) is 0. The molecule has 0 fully saturated rings. The Bertz CT molecular complexity index is 809. The summed E-state index contributed by atoms with van der Waals surface area (Å²) in [4.78, 5) is 23.6. The molecule has 0 aliphatic carbocycles. The first-order valence-corrected chi connectivity index (χ1v) is 8.15. The molecule has 130 valence electrons. The number of thiocarbonyl (C=S) groups is 1. The first kappa shape index (κ1) is 18.7. The molecule has 0 aliphatic rings. The van der Waals surface area contributed by atoms with Crippen molar-refractivity contribution in [1.29, 1.82) is 0 Å². The summed E-state index contributed by atoms with van der Waals surface area (Å²) in [5, 5.41) is 6.05. The zero-order chi connectivity index (χ0) is 18.4. The molecule has 0 heterocycles. The number of carbonyl (C=O) groups excluding carboxylic acids is 2. The molecule has 0 atom stereocenters. The lowest BCUT2D eigenvalue weighted by Crippen LogP contribution is -2.48. The number of anilines is 2. The topological polar surface area (TPSA) is 82.3 Å². The van der Waals surface area contributed by atoms with Gasteiger partial charge >= 0.3 is 11.8 Å². The first-order chi connectivity index (χ1) is 11.8. The minimum atomic E-state index is -0.869. The van der Waals surface area contributed by atoms with Crippen molar-refractivity contribution < 1.29 is 9.59 Å². The lowest BCUT2D eigenvalue weighted by atomic mass is 10.2. The highest BCUT2D eigenvalue weighted by atomic mass is 35.5. The minimum absolute atomic E-state index is 0.122. The maximum absolute atomic E-state index is 11.8. The van der Waals surface area contributed by atoms with Crippen LogP contribution in [0.25, 0.3) is 0 Å². The van der Waals surface area contributed by atoms with E-state index in [1.54, 1.807) is 24.3 Å². The molecular formula is C17H17ClN4O2S. The lowest BCUT2D eigenvalue weighted by molar-refractivity contribution is -0.136. The number of halogens is 1. The van der Waals surface area contributed by atoms with Crippen LogP contribution in [-0.2, 0) is 9.59 Å². The van der Waals surface area contributed by atoms with Crippen LogP contribution in [0.2, 0.25) is 5.02 Å². The molecule has 0 unspecified atom stereocenters. The summed E-state index contributed by atoms with van der Waals surface area (Å²) in [6.45, 7) is 3.81. The second-order valence-electron chi connectivity index (χ2n) is 5.32. The van der Waals surface area contributed by atoms with Gasteiger partial charge in [0.1, 0.15) is 0 Å². The molecule has 2 aromatic rings. The van der Waals surface area contributed by atoms with Gasteiger partial charge in [-0.2, -0.15) is 0 Å². The summed E-state index contributed by atoms with van der Waals surface area (Å²) in [5.41, 5.74) is 7.86. The van der Waals surface area contributed by atoms with E-state index in [-0.39, 0.29) is 5.11 Å². The average molecular weight is 377 g/mol. The number of nitrogens with one attached hydrogen (secondary N) is 4. The summed E-state index contributed by atoms with van der Waals surface area (Å²) in [6, 6.07) is 12.4. The Hall–Kier alpha value is -2.64. The SMILES string of the molecule is Cc1ccc(NC(=O)C(=O)NNC(=S)Nc2ccc(C)c(Cl)c2)cc1. The highest BCUT2D eigenvalue weighted by Gasteiger charge is 2.13. The van der Waals surface area contributed by atoms with Crippen LogP contribution in [0.5, 0.6) is 0 Å². The number of carbonyl (C=O) groups is 2. The van der Waals surface area contributed by atoms with Crippen molar-refractivity contribution in [1.82, 2.24) is 10.9 Å². The third-order valence-electron chi connectivity index (χ3n) is 3.23. The predicted molar refractivity (Wildman–Crippen MR) is 103 cm³/mol. The van der Waals surface area contributed by atoms with Crippen LogP contribution in [0.1, 0.15) is 11.1 Å². The number of hydrogen-bond acceptors (Lipinski definition) is 3. The van der Waals surface area contributed by atoms with Crippen molar-refractivity contribution in [3.05, 3.63) is 58.6 Å². The van der Waals surface area contributed by atoms with E-state index >= 15 is 0 Å². The number of benzene rings is 2. The normalized spacial score (nSPS) is 9.88. The zero-order valence-corrected chi connectivity index (χ0v) is 15.2. The van der Waals surface area contributed by atoms with Crippen LogP contribution in [0.4, 0.5) is 11.4 Å². The minimum Gasteiger partial charge on any atom is -0.331 e. The van der Waals surface area contributed by atoms with Gasteiger partial charge in [0, 0.05) is 16.4 Å². The Morgan fingerprint density at radius 3 is 2.16 bits per heavy atom. The third kappa shape index (κ3) is 5.74.